The Morgan fingerprint density at radius 1 is 1.33 bits per heavy atom. The Morgan fingerprint density at radius 3 is 2.60 bits per heavy atom. The van der Waals surface area contributed by atoms with E-state index in [1.54, 1.807) is 5.01 Å². The van der Waals surface area contributed by atoms with Gasteiger partial charge in [-0.1, -0.05) is 0 Å². The Balaban J connectivity index is 2.42. The summed E-state index contributed by atoms with van der Waals surface area (Å²) in [4.78, 5) is 24.6. The van der Waals surface area contributed by atoms with E-state index in [-0.39, 0.29) is 5.82 Å². The predicted molar refractivity (Wildman–Crippen MR) is 54.5 cm³/mol. The zero-order chi connectivity index (χ0) is 10.8. The highest BCUT2D eigenvalue weighted by atomic mass is 16.5. The number of aromatic amines is 1. The highest BCUT2D eigenvalue weighted by Crippen LogP contribution is 1.99. The molecule has 1 aliphatic heterocycles. The first kappa shape index (κ1) is 9.78. The molecule has 82 valence electrons. The number of nitrogens with zero attached hydrogens (tertiary/aromatic N) is 2. The minimum absolute atomic E-state index is 0.144. The first-order chi connectivity index (χ1) is 7.18. The zero-order valence-electron chi connectivity index (χ0n) is 8.10. The lowest BCUT2D eigenvalue weighted by Gasteiger charge is -2.30. The fourth-order valence-electron chi connectivity index (χ4n) is 1.55. The van der Waals surface area contributed by atoms with Gasteiger partial charge in [0.05, 0.1) is 26.3 Å². The van der Waals surface area contributed by atoms with E-state index in [9.17, 15) is 9.59 Å². The third-order valence-electron chi connectivity index (χ3n) is 2.22. The van der Waals surface area contributed by atoms with Gasteiger partial charge in [0.1, 0.15) is 5.82 Å². The summed E-state index contributed by atoms with van der Waals surface area (Å²) in [5.74, 6) is 0.144. The van der Waals surface area contributed by atoms with Gasteiger partial charge in [-0.15, -0.1) is 0 Å². The summed E-state index contributed by atoms with van der Waals surface area (Å²) < 4.78 is 6.42. The maximum Gasteiger partial charge on any atom is 0.348 e. The van der Waals surface area contributed by atoms with Crippen molar-refractivity contribution in [3.05, 3.63) is 26.9 Å². The molecular formula is C8H12N4O3. The number of nitrogens with two attached hydrogens (primary N) is 1. The number of hydrogen-bond acceptors (Lipinski definition) is 5. The summed E-state index contributed by atoms with van der Waals surface area (Å²) >= 11 is 0. The summed E-state index contributed by atoms with van der Waals surface area (Å²) in [6, 6.07) is 1.19. The number of rotatable bonds is 1. The van der Waals surface area contributed by atoms with Crippen molar-refractivity contribution in [1.29, 1.82) is 0 Å². The van der Waals surface area contributed by atoms with Gasteiger partial charge >= 0.3 is 5.69 Å². The minimum Gasteiger partial charge on any atom is -0.383 e. The number of nitrogens with one attached hydrogen (secondary N) is 1. The van der Waals surface area contributed by atoms with Crippen LogP contribution in [0.2, 0.25) is 0 Å². The second-order valence-corrected chi connectivity index (χ2v) is 3.24. The van der Waals surface area contributed by atoms with Crippen LogP contribution < -0.4 is 22.0 Å². The number of H-pyrrole nitrogens is 1. The molecule has 0 aliphatic carbocycles. The Hall–Kier alpha value is -1.76. The van der Waals surface area contributed by atoms with Crippen molar-refractivity contribution in [3.63, 3.8) is 0 Å². The van der Waals surface area contributed by atoms with Crippen LogP contribution in [0.3, 0.4) is 0 Å². The van der Waals surface area contributed by atoms with Crippen LogP contribution in [0.25, 0.3) is 0 Å². The predicted octanol–water partition coefficient (Wildman–Crippen LogP) is -1.91. The van der Waals surface area contributed by atoms with E-state index in [0.29, 0.717) is 26.3 Å². The molecular weight excluding hydrogens is 200 g/mol. The second-order valence-electron chi connectivity index (χ2n) is 3.24. The standard InChI is InChI=1S/C8H12N4O3/c9-6-5-7(13)10-8(14)12(6)11-1-3-15-4-2-11/h5H,1-4,9H2,(H,10,13,14). The summed E-state index contributed by atoms with van der Waals surface area (Å²) in [7, 11) is 0. The Kier molecular flexibility index (Phi) is 2.46. The maximum absolute atomic E-state index is 11.5. The second kappa shape index (κ2) is 3.77. The smallest absolute Gasteiger partial charge is 0.348 e. The van der Waals surface area contributed by atoms with Crippen LogP contribution in [0, 0.1) is 0 Å². The topological polar surface area (TPSA) is 93.3 Å². The molecule has 0 spiro atoms. The van der Waals surface area contributed by atoms with Crippen molar-refractivity contribution in [3.8, 4) is 0 Å². The molecule has 0 aromatic carbocycles. The van der Waals surface area contributed by atoms with Gasteiger partial charge in [-0.25, -0.2) is 4.79 Å². The number of anilines is 1. The monoisotopic (exact) mass is 212 g/mol. The van der Waals surface area contributed by atoms with Gasteiger partial charge in [0, 0.05) is 6.07 Å². The first-order valence-corrected chi connectivity index (χ1v) is 4.63. The highest BCUT2D eigenvalue weighted by molar-refractivity contribution is 5.28. The van der Waals surface area contributed by atoms with Crippen molar-refractivity contribution < 1.29 is 4.74 Å². The largest absolute Gasteiger partial charge is 0.383 e. The fraction of sp³-hybridized carbons (Fsp3) is 0.500. The molecule has 1 aliphatic rings. The molecule has 1 aromatic rings. The van der Waals surface area contributed by atoms with Crippen LogP contribution in [-0.2, 0) is 4.74 Å². The van der Waals surface area contributed by atoms with E-state index in [1.807, 2.05) is 0 Å². The molecule has 1 fully saturated rings. The van der Waals surface area contributed by atoms with Crippen LogP contribution in [0.4, 0.5) is 5.82 Å². The van der Waals surface area contributed by atoms with Gasteiger partial charge < -0.3 is 15.5 Å². The molecule has 2 rings (SSSR count). The van der Waals surface area contributed by atoms with E-state index >= 15 is 0 Å². The molecule has 0 unspecified atom stereocenters. The van der Waals surface area contributed by atoms with Crippen LogP contribution >= 0.6 is 0 Å². The van der Waals surface area contributed by atoms with Gasteiger partial charge in [-0.2, -0.15) is 4.68 Å². The lowest BCUT2D eigenvalue weighted by Crippen LogP contribution is -2.51. The molecule has 7 nitrogen and oxygen atoms in total. The normalized spacial score (nSPS) is 16.7. The Labute approximate surface area is 85.0 Å². The molecule has 15 heavy (non-hydrogen) atoms. The van der Waals surface area contributed by atoms with Crippen molar-refractivity contribution >= 4 is 5.82 Å². The molecule has 3 N–H and O–H groups in total. The summed E-state index contributed by atoms with van der Waals surface area (Å²) in [6.07, 6.45) is 0. The molecule has 0 atom stereocenters. The Morgan fingerprint density at radius 2 is 2.00 bits per heavy atom. The molecule has 0 bridgehead atoms. The van der Waals surface area contributed by atoms with Crippen molar-refractivity contribution in [2.75, 3.05) is 37.0 Å². The van der Waals surface area contributed by atoms with E-state index in [2.05, 4.69) is 4.98 Å². The Bertz CT molecular complexity index is 458. The van der Waals surface area contributed by atoms with Gasteiger partial charge in [-0.05, 0) is 0 Å². The molecule has 0 saturated carbocycles. The van der Waals surface area contributed by atoms with E-state index in [0.717, 1.165) is 0 Å². The van der Waals surface area contributed by atoms with Gasteiger partial charge in [0.2, 0.25) is 0 Å². The van der Waals surface area contributed by atoms with Crippen LogP contribution in [0.1, 0.15) is 0 Å². The third-order valence-corrected chi connectivity index (χ3v) is 2.22. The van der Waals surface area contributed by atoms with Crippen LogP contribution in [0.5, 0.6) is 0 Å². The van der Waals surface area contributed by atoms with Gasteiger partial charge in [0.25, 0.3) is 5.56 Å². The molecule has 1 aromatic heterocycles. The minimum atomic E-state index is -0.512. The molecule has 0 radical (unpaired) electrons. The highest BCUT2D eigenvalue weighted by Gasteiger charge is 2.14. The van der Waals surface area contributed by atoms with Crippen molar-refractivity contribution in [1.82, 2.24) is 9.66 Å². The average Bonchev–Trinajstić information content (AvgIpc) is 2.17. The quantitative estimate of drug-likeness (QED) is 0.566. The molecule has 1 saturated heterocycles. The van der Waals surface area contributed by atoms with E-state index in [4.69, 9.17) is 10.5 Å². The number of nitrogen functional groups attached to an aromatic ring is 1. The van der Waals surface area contributed by atoms with Crippen LogP contribution in [-0.4, -0.2) is 36.0 Å². The average molecular weight is 212 g/mol. The third kappa shape index (κ3) is 1.86. The van der Waals surface area contributed by atoms with Crippen LogP contribution in [0.15, 0.2) is 15.7 Å². The maximum atomic E-state index is 11.5. The first-order valence-electron chi connectivity index (χ1n) is 4.63. The summed E-state index contributed by atoms with van der Waals surface area (Å²) in [5, 5.41) is 1.75. The van der Waals surface area contributed by atoms with Gasteiger partial charge in [-0.3, -0.25) is 9.78 Å². The van der Waals surface area contributed by atoms with E-state index < -0.39 is 11.2 Å². The number of morpholine rings is 1. The molecule has 7 heteroatoms. The summed E-state index contributed by atoms with van der Waals surface area (Å²) in [6.45, 7) is 2.25. The summed E-state index contributed by atoms with van der Waals surface area (Å²) in [5.41, 5.74) is 4.62. The number of hydrogen-bond donors (Lipinski definition) is 2. The number of aromatic nitrogens is 2. The lowest BCUT2D eigenvalue weighted by molar-refractivity contribution is 0.111. The number of ether oxygens (including phenoxy) is 1. The SMILES string of the molecule is Nc1cc(=O)[nH]c(=O)n1N1CCOCC1. The molecule has 0 amide bonds. The molecule has 2 heterocycles. The van der Waals surface area contributed by atoms with Gasteiger partial charge in [0.15, 0.2) is 0 Å². The zero-order valence-corrected chi connectivity index (χ0v) is 8.10. The fourth-order valence-corrected chi connectivity index (χ4v) is 1.55. The van der Waals surface area contributed by atoms with Crippen molar-refractivity contribution in [2.24, 2.45) is 0 Å². The lowest BCUT2D eigenvalue weighted by atomic mass is 10.5. The van der Waals surface area contributed by atoms with E-state index in [1.165, 1.54) is 10.7 Å². The van der Waals surface area contributed by atoms with Crippen molar-refractivity contribution in [2.45, 2.75) is 0 Å².